The number of carboxylic acids is 1. The minimum Gasteiger partial charge on any atom is -0.481 e. The standard InChI is InChI=1S/C14H18N2O6S/c1-9-4-5-11(16(19)20)12(10(9)2)23(21,22)15-7-6-14(3,8-15)13(17)18/h4-5H,6-8H2,1-3H3,(H,17,18). The van der Waals surface area contributed by atoms with Gasteiger partial charge in [0.1, 0.15) is 0 Å². The summed E-state index contributed by atoms with van der Waals surface area (Å²) in [7, 11) is -4.14. The van der Waals surface area contributed by atoms with E-state index in [-0.39, 0.29) is 24.4 Å². The molecule has 0 aliphatic carbocycles. The molecule has 2 rings (SSSR count). The Morgan fingerprint density at radius 3 is 2.48 bits per heavy atom. The third-order valence-electron chi connectivity index (χ3n) is 4.41. The number of rotatable bonds is 4. The van der Waals surface area contributed by atoms with E-state index in [1.165, 1.54) is 26.0 Å². The highest BCUT2D eigenvalue weighted by Crippen LogP contribution is 2.37. The van der Waals surface area contributed by atoms with Gasteiger partial charge in [0.15, 0.2) is 4.90 Å². The monoisotopic (exact) mass is 342 g/mol. The Kier molecular flexibility index (Phi) is 4.20. The summed E-state index contributed by atoms with van der Waals surface area (Å²) in [4.78, 5) is 21.4. The molecule has 23 heavy (non-hydrogen) atoms. The molecule has 1 aliphatic heterocycles. The number of hydrogen-bond donors (Lipinski definition) is 1. The normalized spacial score (nSPS) is 22.2. The van der Waals surface area contributed by atoms with E-state index in [0.29, 0.717) is 11.1 Å². The van der Waals surface area contributed by atoms with Gasteiger partial charge in [-0.2, -0.15) is 4.31 Å². The first-order chi connectivity index (χ1) is 10.5. The van der Waals surface area contributed by atoms with Crippen molar-refractivity contribution >= 4 is 21.7 Å². The van der Waals surface area contributed by atoms with Crippen molar-refractivity contribution in [1.29, 1.82) is 0 Å². The second-order valence-corrected chi connectivity index (χ2v) is 7.94. The van der Waals surface area contributed by atoms with Crippen LogP contribution in [0, 0.1) is 29.4 Å². The van der Waals surface area contributed by atoms with Crippen molar-refractivity contribution in [2.75, 3.05) is 13.1 Å². The highest BCUT2D eigenvalue weighted by Gasteiger charge is 2.46. The number of hydrogen-bond acceptors (Lipinski definition) is 5. The molecule has 0 radical (unpaired) electrons. The average Bonchev–Trinajstić information content (AvgIpc) is 2.86. The molecule has 1 atom stereocenters. The molecule has 9 heteroatoms. The van der Waals surface area contributed by atoms with Gasteiger partial charge in [-0.05, 0) is 38.3 Å². The molecule has 0 spiro atoms. The van der Waals surface area contributed by atoms with Gasteiger partial charge >= 0.3 is 5.97 Å². The molecule has 1 heterocycles. The van der Waals surface area contributed by atoms with E-state index in [1.54, 1.807) is 6.92 Å². The van der Waals surface area contributed by atoms with Gasteiger partial charge in [0, 0.05) is 19.2 Å². The number of carbonyl (C=O) groups is 1. The summed E-state index contributed by atoms with van der Waals surface area (Å²) < 4.78 is 26.8. The zero-order valence-electron chi connectivity index (χ0n) is 13.1. The molecule has 1 unspecified atom stereocenters. The summed E-state index contributed by atoms with van der Waals surface area (Å²) in [5, 5.41) is 20.4. The second-order valence-electron chi connectivity index (χ2n) is 6.07. The van der Waals surface area contributed by atoms with Crippen LogP contribution in [0.4, 0.5) is 5.69 Å². The number of nitro benzene ring substituents is 1. The lowest BCUT2D eigenvalue weighted by molar-refractivity contribution is -0.388. The predicted molar refractivity (Wildman–Crippen MR) is 81.7 cm³/mol. The molecule has 1 aliphatic rings. The third kappa shape index (κ3) is 2.81. The van der Waals surface area contributed by atoms with Gasteiger partial charge < -0.3 is 5.11 Å². The van der Waals surface area contributed by atoms with E-state index in [2.05, 4.69) is 0 Å². The zero-order valence-corrected chi connectivity index (χ0v) is 13.9. The van der Waals surface area contributed by atoms with Crippen LogP contribution in [0.1, 0.15) is 24.5 Å². The highest BCUT2D eigenvalue weighted by atomic mass is 32.2. The highest BCUT2D eigenvalue weighted by molar-refractivity contribution is 7.89. The van der Waals surface area contributed by atoms with Crippen LogP contribution in [0.3, 0.4) is 0 Å². The minimum atomic E-state index is -4.14. The maximum Gasteiger partial charge on any atom is 0.310 e. The van der Waals surface area contributed by atoms with Gasteiger partial charge in [-0.3, -0.25) is 14.9 Å². The molecular weight excluding hydrogens is 324 g/mol. The largest absolute Gasteiger partial charge is 0.481 e. The SMILES string of the molecule is Cc1ccc([N+](=O)[O-])c(S(=O)(=O)N2CCC(C)(C(=O)O)C2)c1C. The van der Waals surface area contributed by atoms with Crippen LogP contribution in [0.15, 0.2) is 17.0 Å². The number of carboxylic acid groups (broad SMARTS) is 1. The number of aliphatic carboxylic acids is 1. The summed E-state index contributed by atoms with van der Waals surface area (Å²) in [5.41, 5.74) is -0.742. The Balaban J connectivity index is 2.56. The zero-order chi connectivity index (χ0) is 17.6. The first-order valence-electron chi connectivity index (χ1n) is 6.99. The fourth-order valence-electron chi connectivity index (χ4n) is 2.67. The van der Waals surface area contributed by atoms with E-state index >= 15 is 0 Å². The molecule has 126 valence electrons. The first kappa shape index (κ1) is 17.4. The fourth-order valence-corrected chi connectivity index (χ4v) is 4.67. The Labute approximate surface area is 133 Å². The minimum absolute atomic E-state index is 0.0235. The fraction of sp³-hybridized carbons (Fsp3) is 0.500. The van der Waals surface area contributed by atoms with Crippen molar-refractivity contribution in [3.63, 3.8) is 0 Å². The molecule has 0 aromatic heterocycles. The molecule has 8 nitrogen and oxygen atoms in total. The van der Waals surface area contributed by atoms with Crippen molar-refractivity contribution in [3.05, 3.63) is 33.4 Å². The maximum atomic E-state index is 12.9. The van der Waals surface area contributed by atoms with E-state index in [0.717, 1.165) is 4.31 Å². The van der Waals surface area contributed by atoms with E-state index in [4.69, 9.17) is 0 Å². The topological polar surface area (TPSA) is 118 Å². The molecule has 1 saturated heterocycles. The lowest BCUT2D eigenvalue weighted by Gasteiger charge is -2.21. The summed E-state index contributed by atoms with van der Waals surface area (Å²) in [5.74, 6) is -1.08. The van der Waals surface area contributed by atoms with Crippen LogP contribution in [-0.4, -0.2) is 41.8 Å². The smallest absolute Gasteiger partial charge is 0.310 e. The average molecular weight is 342 g/mol. The van der Waals surface area contributed by atoms with E-state index < -0.39 is 32.0 Å². The lowest BCUT2D eigenvalue weighted by Crippen LogP contribution is -2.35. The van der Waals surface area contributed by atoms with Gasteiger partial charge in [0.05, 0.1) is 10.3 Å². The third-order valence-corrected chi connectivity index (χ3v) is 6.43. The van der Waals surface area contributed by atoms with Crippen molar-refractivity contribution < 1.29 is 23.2 Å². The van der Waals surface area contributed by atoms with Crippen molar-refractivity contribution in [2.45, 2.75) is 32.1 Å². The molecular formula is C14H18N2O6S. The van der Waals surface area contributed by atoms with Crippen LogP contribution >= 0.6 is 0 Å². The van der Waals surface area contributed by atoms with Crippen molar-refractivity contribution in [2.24, 2.45) is 5.41 Å². The van der Waals surface area contributed by atoms with Gasteiger partial charge in [0.2, 0.25) is 10.0 Å². The van der Waals surface area contributed by atoms with E-state index in [9.17, 15) is 28.4 Å². The number of aryl methyl sites for hydroxylation is 1. The summed E-state index contributed by atoms with van der Waals surface area (Å²) >= 11 is 0. The molecule has 1 aromatic carbocycles. The van der Waals surface area contributed by atoms with Gasteiger partial charge in [-0.1, -0.05) is 6.07 Å². The molecule has 0 amide bonds. The van der Waals surface area contributed by atoms with Crippen LogP contribution in [0.25, 0.3) is 0 Å². The van der Waals surface area contributed by atoms with Crippen molar-refractivity contribution in [3.8, 4) is 0 Å². The van der Waals surface area contributed by atoms with Gasteiger partial charge in [0.25, 0.3) is 5.69 Å². The molecule has 1 aromatic rings. The summed E-state index contributed by atoms with van der Waals surface area (Å²) in [6.45, 7) is 4.48. The first-order valence-corrected chi connectivity index (χ1v) is 8.43. The summed E-state index contributed by atoms with van der Waals surface area (Å²) in [6, 6.07) is 2.67. The number of nitrogens with zero attached hydrogens (tertiary/aromatic N) is 2. The van der Waals surface area contributed by atoms with Crippen molar-refractivity contribution in [1.82, 2.24) is 4.31 Å². The second kappa shape index (κ2) is 5.57. The predicted octanol–water partition coefficient (Wildman–Crippen LogP) is 1.70. The number of nitro groups is 1. The Morgan fingerprint density at radius 2 is 2.00 bits per heavy atom. The summed E-state index contributed by atoms with van der Waals surface area (Å²) in [6.07, 6.45) is 0.167. The van der Waals surface area contributed by atoms with E-state index in [1.807, 2.05) is 0 Å². The van der Waals surface area contributed by atoms with Crippen LogP contribution in [0.5, 0.6) is 0 Å². The quantitative estimate of drug-likeness (QED) is 0.657. The molecule has 1 fully saturated rings. The van der Waals surface area contributed by atoms with Gasteiger partial charge in [-0.25, -0.2) is 8.42 Å². The van der Waals surface area contributed by atoms with Crippen LogP contribution in [0.2, 0.25) is 0 Å². The Morgan fingerprint density at radius 1 is 1.39 bits per heavy atom. The molecule has 1 N–H and O–H groups in total. The molecule has 0 bridgehead atoms. The Bertz CT molecular complexity index is 789. The maximum absolute atomic E-state index is 12.9. The Hall–Kier alpha value is -2.00. The lowest BCUT2D eigenvalue weighted by atomic mass is 9.90. The van der Waals surface area contributed by atoms with Crippen LogP contribution in [-0.2, 0) is 14.8 Å². The van der Waals surface area contributed by atoms with Crippen LogP contribution < -0.4 is 0 Å². The van der Waals surface area contributed by atoms with Gasteiger partial charge in [-0.15, -0.1) is 0 Å². The number of benzene rings is 1. The molecule has 0 saturated carbocycles. The number of sulfonamides is 1.